The summed E-state index contributed by atoms with van der Waals surface area (Å²) in [6.07, 6.45) is 0. The minimum Gasteiger partial charge on any atom is -0.465 e. The number of methoxy groups -OCH3 is 1. The zero-order valence-corrected chi connectivity index (χ0v) is 17.2. The highest BCUT2D eigenvalue weighted by atomic mass is 35.5. The van der Waals surface area contributed by atoms with Crippen molar-refractivity contribution in [1.82, 2.24) is 4.57 Å². The Hall–Kier alpha value is -2.97. The third-order valence-corrected chi connectivity index (χ3v) is 5.27. The third kappa shape index (κ3) is 4.55. The number of ether oxygens (including phenoxy) is 2. The van der Waals surface area contributed by atoms with E-state index in [-0.39, 0.29) is 24.3 Å². The van der Waals surface area contributed by atoms with E-state index in [9.17, 15) is 14.4 Å². The number of rotatable bonds is 5. The third-order valence-electron chi connectivity index (χ3n) is 4.00. The number of carbonyl (C=O) groups is 3. The zero-order chi connectivity index (χ0) is 21.0. The number of carbonyl (C=O) groups excluding carboxylic acids is 3. The van der Waals surface area contributed by atoms with Crippen molar-refractivity contribution < 1.29 is 23.9 Å². The molecule has 2 aromatic carbocycles. The largest absolute Gasteiger partial charge is 0.465 e. The number of hydrogen-bond donors (Lipinski definition) is 0. The molecule has 0 unspecified atom stereocenters. The van der Waals surface area contributed by atoms with Crippen LogP contribution in [0.3, 0.4) is 0 Å². The van der Waals surface area contributed by atoms with Crippen molar-refractivity contribution in [2.45, 2.75) is 13.5 Å². The molecule has 0 atom stereocenters. The summed E-state index contributed by atoms with van der Waals surface area (Å²) in [5, 5.41) is 0.524. The van der Waals surface area contributed by atoms with Crippen LogP contribution in [-0.4, -0.2) is 36.1 Å². The van der Waals surface area contributed by atoms with Gasteiger partial charge in [-0.2, -0.15) is 4.99 Å². The zero-order valence-electron chi connectivity index (χ0n) is 15.7. The average Bonchev–Trinajstić information content (AvgIpc) is 3.03. The second kappa shape index (κ2) is 9.02. The lowest BCUT2D eigenvalue weighted by atomic mass is 10.1. The van der Waals surface area contributed by atoms with Gasteiger partial charge in [-0.25, -0.2) is 4.79 Å². The molecule has 29 heavy (non-hydrogen) atoms. The van der Waals surface area contributed by atoms with E-state index < -0.39 is 17.8 Å². The summed E-state index contributed by atoms with van der Waals surface area (Å²) < 4.78 is 12.1. The number of aromatic nitrogens is 1. The monoisotopic (exact) mass is 432 g/mol. The van der Waals surface area contributed by atoms with Crippen molar-refractivity contribution in [3.8, 4) is 0 Å². The molecule has 1 aromatic heterocycles. The molecule has 0 aliphatic carbocycles. The van der Waals surface area contributed by atoms with Crippen LogP contribution in [0.1, 0.15) is 27.6 Å². The number of nitrogens with zero attached hydrogens (tertiary/aromatic N) is 2. The standard InChI is InChI=1S/C20H17ClN2O5S/c1-3-28-17(24)11-23-15-9-8-12(21)10-16(15)29-20(23)22-18(25)13-6-4-5-7-14(13)19(26)27-2/h4-10H,3,11H2,1-2H3. The summed E-state index contributed by atoms with van der Waals surface area (Å²) in [6.45, 7) is 1.85. The van der Waals surface area contributed by atoms with E-state index in [0.29, 0.717) is 15.3 Å². The van der Waals surface area contributed by atoms with Gasteiger partial charge in [-0.3, -0.25) is 9.59 Å². The molecule has 0 bridgehead atoms. The SMILES string of the molecule is CCOC(=O)Cn1c(=NC(=O)c2ccccc2C(=O)OC)sc2cc(Cl)ccc21. The maximum Gasteiger partial charge on any atom is 0.338 e. The predicted octanol–water partition coefficient (Wildman–Crippen LogP) is 3.45. The lowest BCUT2D eigenvalue weighted by Gasteiger charge is -2.06. The molecule has 7 nitrogen and oxygen atoms in total. The van der Waals surface area contributed by atoms with Crippen LogP contribution >= 0.6 is 22.9 Å². The van der Waals surface area contributed by atoms with E-state index in [1.807, 2.05) is 0 Å². The van der Waals surface area contributed by atoms with Gasteiger partial charge < -0.3 is 14.0 Å². The first-order chi connectivity index (χ1) is 13.9. The molecule has 0 spiro atoms. The van der Waals surface area contributed by atoms with Gasteiger partial charge >= 0.3 is 11.9 Å². The molecule has 1 amide bonds. The molecular formula is C20H17ClN2O5S. The Bertz CT molecular complexity index is 1170. The van der Waals surface area contributed by atoms with Crippen LogP contribution in [0.25, 0.3) is 10.2 Å². The first-order valence-electron chi connectivity index (χ1n) is 8.65. The van der Waals surface area contributed by atoms with Gasteiger partial charge in [0.05, 0.1) is 35.1 Å². The molecule has 3 aromatic rings. The van der Waals surface area contributed by atoms with E-state index in [0.717, 1.165) is 4.70 Å². The van der Waals surface area contributed by atoms with Gasteiger partial charge in [0, 0.05) is 5.02 Å². The molecule has 0 fully saturated rings. The summed E-state index contributed by atoms with van der Waals surface area (Å²) >= 11 is 7.27. The van der Waals surface area contributed by atoms with Crippen LogP contribution in [0.5, 0.6) is 0 Å². The lowest BCUT2D eigenvalue weighted by molar-refractivity contribution is -0.143. The fourth-order valence-electron chi connectivity index (χ4n) is 2.73. The Labute approximate surface area is 175 Å². The van der Waals surface area contributed by atoms with Gasteiger partial charge in [-0.05, 0) is 37.3 Å². The molecule has 0 saturated carbocycles. The van der Waals surface area contributed by atoms with Crippen molar-refractivity contribution in [2.75, 3.05) is 13.7 Å². The molecule has 1 heterocycles. The van der Waals surface area contributed by atoms with Gasteiger partial charge in [0.2, 0.25) is 0 Å². The number of amides is 1. The summed E-state index contributed by atoms with van der Waals surface area (Å²) in [4.78, 5) is 41.3. The van der Waals surface area contributed by atoms with Crippen LogP contribution in [0.2, 0.25) is 5.02 Å². The van der Waals surface area contributed by atoms with E-state index in [2.05, 4.69) is 4.99 Å². The number of hydrogen-bond acceptors (Lipinski definition) is 6. The highest BCUT2D eigenvalue weighted by molar-refractivity contribution is 7.16. The number of fused-ring (bicyclic) bond motifs is 1. The second-order valence-electron chi connectivity index (χ2n) is 5.84. The van der Waals surface area contributed by atoms with Gasteiger partial charge in [0.25, 0.3) is 5.91 Å². The van der Waals surface area contributed by atoms with Gasteiger partial charge in [0.1, 0.15) is 6.54 Å². The number of benzene rings is 2. The molecule has 3 rings (SSSR count). The van der Waals surface area contributed by atoms with E-state index >= 15 is 0 Å². The fourth-order valence-corrected chi connectivity index (χ4v) is 4.03. The molecule has 0 N–H and O–H groups in total. The summed E-state index contributed by atoms with van der Waals surface area (Å²) in [7, 11) is 1.24. The van der Waals surface area contributed by atoms with Crippen molar-refractivity contribution in [3.63, 3.8) is 0 Å². The Balaban J connectivity index is 2.13. The number of thiazole rings is 1. The second-order valence-corrected chi connectivity index (χ2v) is 7.29. The highest BCUT2D eigenvalue weighted by Crippen LogP contribution is 2.22. The summed E-state index contributed by atoms with van der Waals surface area (Å²) in [6, 6.07) is 11.4. The van der Waals surface area contributed by atoms with Crippen molar-refractivity contribution in [2.24, 2.45) is 4.99 Å². The van der Waals surface area contributed by atoms with Crippen LogP contribution in [0.15, 0.2) is 47.5 Å². The van der Waals surface area contributed by atoms with Gasteiger partial charge in [-0.1, -0.05) is 35.1 Å². The van der Waals surface area contributed by atoms with E-state index in [1.54, 1.807) is 41.8 Å². The predicted molar refractivity (Wildman–Crippen MR) is 109 cm³/mol. The van der Waals surface area contributed by atoms with E-state index in [1.165, 1.54) is 30.6 Å². The van der Waals surface area contributed by atoms with Crippen molar-refractivity contribution in [3.05, 3.63) is 63.4 Å². The highest BCUT2D eigenvalue weighted by Gasteiger charge is 2.18. The number of esters is 2. The molecule has 150 valence electrons. The Kier molecular flexibility index (Phi) is 6.46. The Morgan fingerprint density at radius 1 is 1.14 bits per heavy atom. The van der Waals surface area contributed by atoms with Crippen LogP contribution < -0.4 is 4.80 Å². The molecule has 0 saturated heterocycles. The topological polar surface area (TPSA) is 87.0 Å². The van der Waals surface area contributed by atoms with E-state index in [4.69, 9.17) is 21.1 Å². The minimum absolute atomic E-state index is 0.109. The summed E-state index contributed by atoms with van der Waals surface area (Å²) in [5.41, 5.74) is 0.919. The van der Waals surface area contributed by atoms with Crippen LogP contribution in [0.4, 0.5) is 0 Å². The fraction of sp³-hybridized carbons (Fsp3) is 0.200. The van der Waals surface area contributed by atoms with Crippen molar-refractivity contribution in [1.29, 1.82) is 0 Å². The molecule has 0 aliphatic rings. The quantitative estimate of drug-likeness (QED) is 0.576. The molecule has 0 aliphatic heterocycles. The molecular weight excluding hydrogens is 416 g/mol. The van der Waals surface area contributed by atoms with Crippen LogP contribution in [-0.2, 0) is 20.8 Å². The normalized spacial score (nSPS) is 11.5. The smallest absolute Gasteiger partial charge is 0.338 e. The lowest BCUT2D eigenvalue weighted by Crippen LogP contribution is -2.23. The first-order valence-corrected chi connectivity index (χ1v) is 9.85. The Morgan fingerprint density at radius 2 is 1.86 bits per heavy atom. The Morgan fingerprint density at radius 3 is 2.55 bits per heavy atom. The maximum absolute atomic E-state index is 12.8. The van der Waals surface area contributed by atoms with Gasteiger partial charge in [-0.15, -0.1) is 0 Å². The van der Waals surface area contributed by atoms with Gasteiger partial charge in [0.15, 0.2) is 4.80 Å². The number of halogens is 1. The molecule has 9 heteroatoms. The first kappa shape index (κ1) is 20.8. The summed E-state index contributed by atoms with van der Waals surface area (Å²) in [5.74, 6) is -1.71. The van der Waals surface area contributed by atoms with Crippen LogP contribution in [0, 0.1) is 0 Å². The maximum atomic E-state index is 12.8. The average molecular weight is 433 g/mol. The molecule has 0 radical (unpaired) electrons. The minimum atomic E-state index is -0.633. The van der Waals surface area contributed by atoms with Crippen molar-refractivity contribution >= 4 is 51.0 Å².